The highest BCUT2D eigenvalue weighted by Gasteiger charge is 2.24. The molecule has 1 aromatic carbocycles. The van der Waals surface area contributed by atoms with Crippen molar-refractivity contribution in [2.24, 2.45) is 0 Å². The molecule has 1 aromatic rings. The Hall–Kier alpha value is -1.33. The molecule has 0 saturated carbocycles. The summed E-state index contributed by atoms with van der Waals surface area (Å²) in [5.74, 6) is -0.143. The number of hydrogen-bond acceptors (Lipinski definition) is 3. The fourth-order valence-electron chi connectivity index (χ4n) is 2.04. The van der Waals surface area contributed by atoms with E-state index in [1.807, 2.05) is 0 Å². The first-order valence-corrected chi connectivity index (χ1v) is 6.07. The van der Waals surface area contributed by atoms with E-state index < -0.39 is 0 Å². The molecule has 106 valence electrons. The highest BCUT2D eigenvalue weighted by atomic mass is 35.5. The highest BCUT2D eigenvalue weighted by molar-refractivity contribution is 5.85. The van der Waals surface area contributed by atoms with Gasteiger partial charge >= 0.3 is 0 Å². The summed E-state index contributed by atoms with van der Waals surface area (Å²) in [7, 11) is 1.80. The van der Waals surface area contributed by atoms with Crippen molar-refractivity contribution >= 4 is 18.3 Å². The standard InChI is InChI=1S/C13H17FN2O2.ClH/c1-15-7-5-12(17)16-11-6-8-18-13-9(11)3-2-4-10(13)14;/h2-4,11,15H,5-8H2,1H3,(H,16,17);1H/t11-;/m1./s1. The van der Waals surface area contributed by atoms with Gasteiger partial charge in [0.25, 0.3) is 0 Å². The van der Waals surface area contributed by atoms with Crippen LogP contribution in [0.3, 0.4) is 0 Å². The number of hydrogen-bond donors (Lipinski definition) is 2. The molecule has 1 atom stereocenters. The molecule has 4 nitrogen and oxygen atoms in total. The number of carbonyl (C=O) groups excluding carboxylic acids is 1. The number of benzene rings is 1. The Morgan fingerprint density at radius 2 is 2.32 bits per heavy atom. The van der Waals surface area contributed by atoms with Gasteiger partial charge in [-0.05, 0) is 13.1 Å². The maximum atomic E-state index is 13.5. The van der Waals surface area contributed by atoms with Gasteiger partial charge in [-0.3, -0.25) is 4.79 Å². The molecule has 19 heavy (non-hydrogen) atoms. The molecule has 2 N–H and O–H groups in total. The lowest BCUT2D eigenvalue weighted by Gasteiger charge is -2.26. The zero-order valence-corrected chi connectivity index (χ0v) is 11.6. The molecule has 0 bridgehead atoms. The van der Waals surface area contributed by atoms with Crippen LogP contribution in [0.25, 0.3) is 0 Å². The van der Waals surface area contributed by atoms with E-state index in [1.54, 1.807) is 19.2 Å². The van der Waals surface area contributed by atoms with E-state index in [9.17, 15) is 9.18 Å². The number of carbonyl (C=O) groups is 1. The minimum absolute atomic E-state index is 0. The van der Waals surface area contributed by atoms with Crippen molar-refractivity contribution in [1.29, 1.82) is 0 Å². The number of amides is 1. The van der Waals surface area contributed by atoms with Gasteiger partial charge in [0.05, 0.1) is 12.6 Å². The van der Waals surface area contributed by atoms with E-state index in [2.05, 4.69) is 10.6 Å². The van der Waals surface area contributed by atoms with Crippen LogP contribution in [0, 0.1) is 5.82 Å². The van der Waals surface area contributed by atoms with Crippen LogP contribution in [0.1, 0.15) is 24.4 Å². The number of nitrogens with one attached hydrogen (secondary N) is 2. The zero-order valence-electron chi connectivity index (χ0n) is 10.7. The molecule has 1 amide bonds. The van der Waals surface area contributed by atoms with Gasteiger partial charge in [-0.25, -0.2) is 4.39 Å². The van der Waals surface area contributed by atoms with Crippen molar-refractivity contribution in [3.05, 3.63) is 29.6 Å². The molecule has 0 aliphatic carbocycles. The molecular weight excluding hydrogens is 271 g/mol. The summed E-state index contributed by atoms with van der Waals surface area (Å²) in [6.07, 6.45) is 1.08. The van der Waals surface area contributed by atoms with Crippen LogP contribution in [0.4, 0.5) is 4.39 Å². The smallest absolute Gasteiger partial charge is 0.221 e. The number of ether oxygens (including phenoxy) is 1. The van der Waals surface area contributed by atoms with Crippen molar-refractivity contribution in [3.8, 4) is 5.75 Å². The summed E-state index contributed by atoms with van der Waals surface area (Å²) < 4.78 is 18.8. The van der Waals surface area contributed by atoms with Crippen LogP contribution in [0.15, 0.2) is 18.2 Å². The Balaban J connectivity index is 0.00000180. The average Bonchev–Trinajstić information content (AvgIpc) is 2.38. The molecule has 2 rings (SSSR count). The summed E-state index contributed by atoms with van der Waals surface area (Å²) in [6.45, 7) is 1.05. The second-order valence-corrected chi connectivity index (χ2v) is 4.27. The normalized spacial score (nSPS) is 16.8. The maximum Gasteiger partial charge on any atom is 0.221 e. The van der Waals surface area contributed by atoms with Crippen molar-refractivity contribution in [3.63, 3.8) is 0 Å². The van der Waals surface area contributed by atoms with Crippen LogP contribution in [-0.2, 0) is 4.79 Å². The van der Waals surface area contributed by atoms with Crippen LogP contribution in [-0.4, -0.2) is 26.1 Å². The molecule has 0 radical (unpaired) electrons. The predicted octanol–water partition coefficient (Wildman–Crippen LogP) is 1.80. The van der Waals surface area contributed by atoms with Crippen molar-refractivity contribution in [1.82, 2.24) is 10.6 Å². The third kappa shape index (κ3) is 3.81. The van der Waals surface area contributed by atoms with Gasteiger partial charge < -0.3 is 15.4 Å². The fraction of sp³-hybridized carbons (Fsp3) is 0.462. The van der Waals surface area contributed by atoms with Crippen LogP contribution >= 0.6 is 12.4 Å². The quantitative estimate of drug-likeness (QED) is 0.888. The lowest BCUT2D eigenvalue weighted by molar-refractivity contribution is -0.121. The van der Waals surface area contributed by atoms with Crippen molar-refractivity contribution in [2.45, 2.75) is 18.9 Å². The Kier molecular flexibility index (Phi) is 6.05. The average molecular weight is 289 g/mol. The molecule has 0 aromatic heterocycles. The molecule has 1 aliphatic rings. The molecule has 1 heterocycles. The van der Waals surface area contributed by atoms with Crippen LogP contribution < -0.4 is 15.4 Å². The number of fused-ring (bicyclic) bond motifs is 1. The summed E-state index contributed by atoms with van der Waals surface area (Å²) in [5.41, 5.74) is 0.721. The number of rotatable bonds is 4. The summed E-state index contributed by atoms with van der Waals surface area (Å²) >= 11 is 0. The van der Waals surface area contributed by atoms with Gasteiger partial charge in [-0.1, -0.05) is 12.1 Å². The van der Waals surface area contributed by atoms with E-state index in [4.69, 9.17) is 4.74 Å². The lowest BCUT2D eigenvalue weighted by Crippen LogP contribution is -2.33. The second kappa shape index (κ2) is 7.31. The van der Waals surface area contributed by atoms with Gasteiger partial charge in [0.15, 0.2) is 11.6 Å². The highest BCUT2D eigenvalue weighted by Crippen LogP contribution is 2.33. The summed E-state index contributed by atoms with van der Waals surface area (Å²) in [5, 5.41) is 5.83. The van der Waals surface area contributed by atoms with Gasteiger partial charge in [0.1, 0.15) is 0 Å². The van der Waals surface area contributed by atoms with E-state index in [0.717, 1.165) is 5.56 Å². The first kappa shape index (κ1) is 15.7. The SMILES string of the molecule is CNCCC(=O)N[C@@H]1CCOc2c(F)cccc21.Cl. The Bertz CT molecular complexity index is 443. The Morgan fingerprint density at radius 3 is 3.05 bits per heavy atom. The Morgan fingerprint density at radius 1 is 1.53 bits per heavy atom. The minimum Gasteiger partial charge on any atom is -0.490 e. The largest absolute Gasteiger partial charge is 0.490 e. The monoisotopic (exact) mass is 288 g/mol. The Labute approximate surface area is 118 Å². The van der Waals surface area contributed by atoms with E-state index in [0.29, 0.717) is 26.0 Å². The first-order valence-electron chi connectivity index (χ1n) is 6.07. The lowest BCUT2D eigenvalue weighted by atomic mass is 10.00. The molecule has 0 spiro atoms. The van der Waals surface area contributed by atoms with Gasteiger partial charge in [0, 0.05) is 24.9 Å². The van der Waals surface area contributed by atoms with Gasteiger partial charge in [-0.2, -0.15) is 0 Å². The van der Waals surface area contributed by atoms with Crippen molar-refractivity contribution in [2.75, 3.05) is 20.2 Å². The summed E-state index contributed by atoms with van der Waals surface area (Å²) in [4.78, 5) is 11.7. The molecular formula is C13H18ClFN2O2. The minimum atomic E-state index is -0.373. The van der Waals surface area contributed by atoms with Gasteiger partial charge in [-0.15, -0.1) is 12.4 Å². The van der Waals surface area contributed by atoms with E-state index in [-0.39, 0.29) is 35.9 Å². The molecule has 0 fully saturated rings. The maximum absolute atomic E-state index is 13.5. The first-order chi connectivity index (χ1) is 8.72. The van der Waals surface area contributed by atoms with E-state index in [1.165, 1.54) is 6.07 Å². The number of para-hydroxylation sites is 1. The second-order valence-electron chi connectivity index (χ2n) is 4.27. The number of halogens is 2. The third-order valence-electron chi connectivity index (χ3n) is 2.96. The topological polar surface area (TPSA) is 50.4 Å². The van der Waals surface area contributed by atoms with Gasteiger partial charge in [0.2, 0.25) is 5.91 Å². The summed E-state index contributed by atoms with van der Waals surface area (Å²) in [6, 6.07) is 4.63. The zero-order chi connectivity index (χ0) is 13.0. The van der Waals surface area contributed by atoms with E-state index >= 15 is 0 Å². The van der Waals surface area contributed by atoms with Crippen molar-refractivity contribution < 1.29 is 13.9 Å². The molecule has 0 saturated heterocycles. The van der Waals surface area contributed by atoms with Crippen LogP contribution in [0.2, 0.25) is 0 Å². The van der Waals surface area contributed by atoms with Crippen LogP contribution in [0.5, 0.6) is 5.75 Å². The molecule has 0 unspecified atom stereocenters. The molecule has 1 aliphatic heterocycles. The fourth-order valence-corrected chi connectivity index (χ4v) is 2.04. The third-order valence-corrected chi connectivity index (χ3v) is 2.96. The molecule has 6 heteroatoms. The predicted molar refractivity (Wildman–Crippen MR) is 73.2 cm³/mol.